The number of aliphatic hydroxyl groups excluding tert-OH is 1. The standard InChI is InChI=1S/C13H12N2O5/c16-7-10(13(18)19)14-12(17)9-6-11(20-15-9)8-4-2-1-3-5-8/h1-6,10,16H,7H2,(H,14,17)(H,18,19). The topological polar surface area (TPSA) is 113 Å². The molecule has 7 nitrogen and oxygen atoms in total. The van der Waals surface area contributed by atoms with Crippen LogP contribution in [0.3, 0.4) is 0 Å². The summed E-state index contributed by atoms with van der Waals surface area (Å²) >= 11 is 0. The normalized spacial score (nSPS) is 11.8. The Kier molecular flexibility index (Phi) is 4.11. The molecule has 0 bridgehead atoms. The molecule has 0 aliphatic rings. The molecular formula is C13H12N2O5. The maximum Gasteiger partial charge on any atom is 0.328 e. The second-order valence-electron chi connectivity index (χ2n) is 3.99. The van der Waals surface area contributed by atoms with Crippen LogP contribution in [-0.4, -0.2) is 39.9 Å². The second kappa shape index (κ2) is 5.98. The zero-order valence-corrected chi connectivity index (χ0v) is 10.3. The molecule has 0 spiro atoms. The highest BCUT2D eigenvalue weighted by Crippen LogP contribution is 2.19. The van der Waals surface area contributed by atoms with Crippen LogP contribution < -0.4 is 5.32 Å². The first-order chi connectivity index (χ1) is 9.61. The summed E-state index contributed by atoms with van der Waals surface area (Å²) in [7, 11) is 0. The van der Waals surface area contributed by atoms with E-state index in [0.29, 0.717) is 5.76 Å². The molecule has 0 saturated heterocycles. The molecule has 1 aromatic heterocycles. The van der Waals surface area contributed by atoms with Gasteiger partial charge in [-0.2, -0.15) is 0 Å². The number of amides is 1. The third-order valence-corrected chi connectivity index (χ3v) is 2.59. The Balaban J connectivity index is 2.13. The van der Waals surface area contributed by atoms with E-state index in [-0.39, 0.29) is 5.69 Å². The highest BCUT2D eigenvalue weighted by atomic mass is 16.5. The number of hydrogen-bond donors (Lipinski definition) is 3. The first kappa shape index (κ1) is 13.8. The molecule has 20 heavy (non-hydrogen) atoms. The van der Waals surface area contributed by atoms with Crippen LogP contribution in [0.4, 0.5) is 0 Å². The van der Waals surface area contributed by atoms with E-state index in [2.05, 4.69) is 10.5 Å². The molecule has 1 heterocycles. The van der Waals surface area contributed by atoms with Gasteiger partial charge >= 0.3 is 5.97 Å². The van der Waals surface area contributed by atoms with Crippen molar-refractivity contribution in [3.63, 3.8) is 0 Å². The maximum atomic E-state index is 11.8. The van der Waals surface area contributed by atoms with Gasteiger partial charge in [0.25, 0.3) is 5.91 Å². The molecule has 0 aliphatic heterocycles. The van der Waals surface area contributed by atoms with Gasteiger partial charge in [-0.3, -0.25) is 4.79 Å². The van der Waals surface area contributed by atoms with Crippen LogP contribution in [0.2, 0.25) is 0 Å². The molecule has 3 N–H and O–H groups in total. The number of aliphatic carboxylic acids is 1. The van der Waals surface area contributed by atoms with Crippen molar-refractivity contribution in [1.29, 1.82) is 0 Å². The summed E-state index contributed by atoms with van der Waals surface area (Å²) in [6.07, 6.45) is 0. The Morgan fingerprint density at radius 2 is 2.00 bits per heavy atom. The summed E-state index contributed by atoms with van der Waals surface area (Å²) in [5.41, 5.74) is 0.694. The minimum atomic E-state index is -1.38. The van der Waals surface area contributed by atoms with E-state index in [1.54, 1.807) is 12.1 Å². The van der Waals surface area contributed by atoms with Crippen LogP contribution in [0.15, 0.2) is 40.9 Å². The van der Waals surface area contributed by atoms with Crippen molar-refractivity contribution in [2.75, 3.05) is 6.61 Å². The summed E-state index contributed by atoms with van der Waals surface area (Å²) in [6.45, 7) is -0.704. The van der Waals surface area contributed by atoms with Crippen molar-refractivity contribution >= 4 is 11.9 Å². The second-order valence-corrected chi connectivity index (χ2v) is 3.99. The number of carboxylic acid groups (broad SMARTS) is 1. The zero-order chi connectivity index (χ0) is 14.5. The summed E-state index contributed by atoms with van der Waals surface area (Å²) < 4.78 is 5.03. The first-order valence-electron chi connectivity index (χ1n) is 5.78. The van der Waals surface area contributed by atoms with Crippen molar-refractivity contribution in [2.45, 2.75) is 6.04 Å². The molecule has 1 unspecified atom stereocenters. The highest BCUT2D eigenvalue weighted by Gasteiger charge is 2.21. The van der Waals surface area contributed by atoms with Crippen molar-refractivity contribution < 1.29 is 24.3 Å². The summed E-state index contributed by atoms with van der Waals surface area (Å²) in [4.78, 5) is 22.5. The molecule has 1 amide bonds. The quantitative estimate of drug-likeness (QED) is 0.733. The lowest BCUT2D eigenvalue weighted by Crippen LogP contribution is -2.43. The fourth-order valence-electron chi connectivity index (χ4n) is 1.54. The van der Waals surface area contributed by atoms with E-state index in [1.165, 1.54) is 6.07 Å². The summed E-state index contributed by atoms with van der Waals surface area (Å²) in [6, 6.07) is 9.06. The van der Waals surface area contributed by atoms with Crippen LogP contribution in [-0.2, 0) is 4.79 Å². The smallest absolute Gasteiger partial charge is 0.328 e. The zero-order valence-electron chi connectivity index (χ0n) is 10.3. The van der Waals surface area contributed by atoms with Gasteiger partial charge in [-0.15, -0.1) is 0 Å². The molecule has 1 aromatic carbocycles. The molecule has 7 heteroatoms. The van der Waals surface area contributed by atoms with Crippen LogP contribution in [0.5, 0.6) is 0 Å². The van der Waals surface area contributed by atoms with Gasteiger partial charge in [-0.1, -0.05) is 35.5 Å². The number of rotatable bonds is 5. The third-order valence-electron chi connectivity index (χ3n) is 2.59. The van der Waals surface area contributed by atoms with Gasteiger partial charge in [0.2, 0.25) is 0 Å². The van der Waals surface area contributed by atoms with Gasteiger partial charge in [-0.25, -0.2) is 4.79 Å². The summed E-state index contributed by atoms with van der Waals surface area (Å²) in [5.74, 6) is -1.66. The molecule has 0 fully saturated rings. The van der Waals surface area contributed by atoms with Crippen molar-refractivity contribution in [3.05, 3.63) is 42.1 Å². The van der Waals surface area contributed by atoms with Gasteiger partial charge in [-0.05, 0) is 0 Å². The molecule has 2 rings (SSSR count). The SMILES string of the molecule is O=C(NC(CO)C(=O)O)c1cc(-c2ccccc2)on1. The third kappa shape index (κ3) is 3.01. The van der Waals surface area contributed by atoms with Gasteiger partial charge < -0.3 is 20.1 Å². The fraction of sp³-hybridized carbons (Fsp3) is 0.154. The number of aliphatic hydroxyl groups is 1. The molecule has 104 valence electrons. The van der Waals surface area contributed by atoms with Crippen molar-refractivity contribution in [3.8, 4) is 11.3 Å². The number of carbonyl (C=O) groups excluding carboxylic acids is 1. The average molecular weight is 276 g/mol. The Hall–Kier alpha value is -2.67. The van der Waals surface area contributed by atoms with E-state index < -0.39 is 24.5 Å². The largest absolute Gasteiger partial charge is 0.480 e. The monoisotopic (exact) mass is 276 g/mol. The van der Waals surface area contributed by atoms with Gasteiger partial charge in [0.1, 0.15) is 0 Å². The maximum absolute atomic E-state index is 11.8. The van der Waals surface area contributed by atoms with Gasteiger partial charge in [0.05, 0.1) is 6.61 Å². The van der Waals surface area contributed by atoms with Crippen LogP contribution in [0, 0.1) is 0 Å². The lowest BCUT2D eigenvalue weighted by atomic mass is 10.1. The minimum absolute atomic E-state index is 0.0523. The average Bonchev–Trinajstić information content (AvgIpc) is 2.95. The van der Waals surface area contributed by atoms with Gasteiger partial charge in [0.15, 0.2) is 17.5 Å². The van der Waals surface area contributed by atoms with E-state index in [1.807, 2.05) is 18.2 Å². The predicted molar refractivity (Wildman–Crippen MR) is 67.9 cm³/mol. The van der Waals surface area contributed by atoms with Crippen molar-refractivity contribution in [1.82, 2.24) is 10.5 Å². The molecule has 2 aromatic rings. The Labute approximate surface area is 113 Å². The van der Waals surface area contributed by atoms with E-state index in [4.69, 9.17) is 14.7 Å². The van der Waals surface area contributed by atoms with Crippen LogP contribution in [0.1, 0.15) is 10.5 Å². The number of aromatic nitrogens is 1. The summed E-state index contributed by atoms with van der Waals surface area (Å²) in [5, 5.41) is 23.3. The van der Waals surface area contributed by atoms with E-state index in [0.717, 1.165) is 5.56 Å². The van der Waals surface area contributed by atoms with Gasteiger partial charge in [0, 0.05) is 11.6 Å². The number of hydrogen-bond acceptors (Lipinski definition) is 5. The highest BCUT2D eigenvalue weighted by molar-refractivity contribution is 5.95. The van der Waals surface area contributed by atoms with Crippen LogP contribution in [0.25, 0.3) is 11.3 Å². The minimum Gasteiger partial charge on any atom is -0.480 e. The lowest BCUT2D eigenvalue weighted by molar-refractivity contribution is -0.140. The predicted octanol–water partition coefficient (Wildman–Crippen LogP) is 0.517. The Morgan fingerprint density at radius 1 is 1.30 bits per heavy atom. The lowest BCUT2D eigenvalue weighted by Gasteiger charge is -2.09. The molecule has 0 saturated carbocycles. The molecule has 0 radical (unpaired) electrons. The van der Waals surface area contributed by atoms with Crippen molar-refractivity contribution in [2.24, 2.45) is 0 Å². The number of carbonyl (C=O) groups is 2. The molecule has 1 atom stereocenters. The first-order valence-corrected chi connectivity index (χ1v) is 5.78. The number of benzene rings is 1. The number of nitrogens with zero attached hydrogens (tertiary/aromatic N) is 1. The molecular weight excluding hydrogens is 264 g/mol. The number of nitrogens with one attached hydrogen (secondary N) is 1. The van der Waals surface area contributed by atoms with E-state index in [9.17, 15) is 9.59 Å². The van der Waals surface area contributed by atoms with E-state index >= 15 is 0 Å². The Morgan fingerprint density at radius 3 is 2.60 bits per heavy atom. The van der Waals surface area contributed by atoms with Crippen LogP contribution >= 0.6 is 0 Å². The number of carboxylic acids is 1. The fourth-order valence-corrected chi connectivity index (χ4v) is 1.54. The molecule has 0 aliphatic carbocycles. The Bertz CT molecular complexity index is 608.